The summed E-state index contributed by atoms with van der Waals surface area (Å²) >= 11 is 1.85. The quantitative estimate of drug-likeness (QED) is 0.787. The van der Waals surface area contributed by atoms with E-state index in [1.54, 1.807) is 0 Å². The normalized spacial score (nSPS) is 14.9. The van der Waals surface area contributed by atoms with Gasteiger partial charge in [-0.1, -0.05) is 27.2 Å². The summed E-state index contributed by atoms with van der Waals surface area (Å²) in [5.41, 5.74) is 1.21. The molecular weight excluding hydrogens is 228 g/mol. The van der Waals surface area contributed by atoms with E-state index in [1.165, 1.54) is 34.8 Å². The summed E-state index contributed by atoms with van der Waals surface area (Å²) in [5, 5.41) is 4.88. The van der Waals surface area contributed by atoms with Crippen molar-refractivity contribution in [3.8, 4) is 0 Å². The number of aryl methyl sites for hydroxylation is 2. The SMILES string of the molecule is CCCNC(c1sc(C)nc1C)C(C)CCC. The van der Waals surface area contributed by atoms with Gasteiger partial charge in [0.05, 0.1) is 10.7 Å². The molecule has 1 aromatic rings. The van der Waals surface area contributed by atoms with Crippen LogP contribution in [0, 0.1) is 19.8 Å². The van der Waals surface area contributed by atoms with Gasteiger partial charge in [0.15, 0.2) is 0 Å². The van der Waals surface area contributed by atoms with Crippen LogP contribution < -0.4 is 5.32 Å². The van der Waals surface area contributed by atoms with Crippen LogP contribution in [-0.2, 0) is 0 Å². The van der Waals surface area contributed by atoms with Crippen molar-refractivity contribution in [1.29, 1.82) is 0 Å². The highest BCUT2D eigenvalue weighted by molar-refractivity contribution is 7.11. The monoisotopic (exact) mass is 254 g/mol. The molecule has 2 unspecified atom stereocenters. The number of hydrogen-bond acceptors (Lipinski definition) is 3. The smallest absolute Gasteiger partial charge is 0.0900 e. The van der Waals surface area contributed by atoms with Gasteiger partial charge in [0.2, 0.25) is 0 Å². The van der Waals surface area contributed by atoms with E-state index in [4.69, 9.17) is 0 Å². The molecule has 98 valence electrons. The fraction of sp³-hybridized carbons (Fsp3) is 0.786. The summed E-state index contributed by atoms with van der Waals surface area (Å²) in [4.78, 5) is 6.00. The van der Waals surface area contributed by atoms with Gasteiger partial charge in [-0.25, -0.2) is 4.98 Å². The summed E-state index contributed by atoms with van der Waals surface area (Å²) in [6.45, 7) is 12.2. The molecule has 0 amide bonds. The predicted octanol–water partition coefficient (Wildman–Crippen LogP) is 4.24. The highest BCUT2D eigenvalue weighted by atomic mass is 32.1. The molecule has 0 spiro atoms. The number of nitrogens with zero attached hydrogens (tertiary/aromatic N) is 1. The highest BCUT2D eigenvalue weighted by Gasteiger charge is 2.22. The van der Waals surface area contributed by atoms with Gasteiger partial charge in [0.1, 0.15) is 0 Å². The third kappa shape index (κ3) is 4.07. The Morgan fingerprint density at radius 1 is 1.24 bits per heavy atom. The number of aromatic nitrogens is 1. The topological polar surface area (TPSA) is 24.9 Å². The zero-order valence-electron chi connectivity index (χ0n) is 11.8. The second-order valence-electron chi connectivity index (χ2n) is 4.88. The first-order valence-electron chi connectivity index (χ1n) is 6.77. The molecule has 1 N–H and O–H groups in total. The third-order valence-corrected chi connectivity index (χ3v) is 4.31. The Bertz CT molecular complexity index is 333. The van der Waals surface area contributed by atoms with E-state index < -0.39 is 0 Å². The number of nitrogens with one attached hydrogen (secondary N) is 1. The fourth-order valence-corrected chi connectivity index (χ4v) is 3.45. The molecule has 1 aromatic heterocycles. The molecular formula is C14H26N2S. The van der Waals surface area contributed by atoms with E-state index in [2.05, 4.69) is 44.9 Å². The van der Waals surface area contributed by atoms with Crippen LogP contribution >= 0.6 is 11.3 Å². The highest BCUT2D eigenvalue weighted by Crippen LogP contribution is 2.32. The summed E-state index contributed by atoms with van der Waals surface area (Å²) in [6.07, 6.45) is 3.71. The zero-order chi connectivity index (χ0) is 12.8. The maximum atomic E-state index is 4.56. The number of rotatable bonds is 7. The second-order valence-corrected chi connectivity index (χ2v) is 6.12. The molecule has 0 aliphatic rings. The van der Waals surface area contributed by atoms with Crippen LogP contribution in [0.15, 0.2) is 0 Å². The Kier molecular flexibility index (Phi) is 6.14. The minimum absolute atomic E-state index is 0.487. The Hall–Kier alpha value is -0.410. The van der Waals surface area contributed by atoms with Crippen LogP contribution in [0.5, 0.6) is 0 Å². The van der Waals surface area contributed by atoms with Crippen LogP contribution in [-0.4, -0.2) is 11.5 Å². The number of thiazole rings is 1. The van der Waals surface area contributed by atoms with Gasteiger partial charge in [-0.05, 0) is 39.2 Å². The van der Waals surface area contributed by atoms with E-state index in [0.29, 0.717) is 12.0 Å². The van der Waals surface area contributed by atoms with Crippen molar-refractivity contribution in [3.63, 3.8) is 0 Å². The molecule has 2 atom stereocenters. The Morgan fingerprint density at radius 3 is 2.41 bits per heavy atom. The Balaban J connectivity index is 2.84. The molecule has 17 heavy (non-hydrogen) atoms. The van der Waals surface area contributed by atoms with Crippen LogP contribution in [0.1, 0.15) is 61.7 Å². The standard InChI is InChI=1S/C14H26N2S/c1-6-8-10(3)13(15-9-7-2)14-11(4)16-12(5)17-14/h10,13,15H,6-9H2,1-5H3. The predicted molar refractivity (Wildman–Crippen MR) is 76.7 cm³/mol. The van der Waals surface area contributed by atoms with E-state index in [1.807, 2.05) is 11.3 Å². The first kappa shape index (κ1) is 14.7. The molecule has 0 fully saturated rings. The van der Waals surface area contributed by atoms with Crippen molar-refractivity contribution < 1.29 is 0 Å². The van der Waals surface area contributed by atoms with Crippen molar-refractivity contribution in [2.45, 2.75) is 59.9 Å². The molecule has 1 heterocycles. The molecule has 0 saturated heterocycles. The average Bonchev–Trinajstić information content (AvgIpc) is 2.59. The molecule has 0 bridgehead atoms. The Morgan fingerprint density at radius 2 is 1.94 bits per heavy atom. The number of hydrogen-bond donors (Lipinski definition) is 1. The van der Waals surface area contributed by atoms with Crippen molar-refractivity contribution in [3.05, 3.63) is 15.6 Å². The van der Waals surface area contributed by atoms with Gasteiger partial charge in [-0.2, -0.15) is 0 Å². The third-order valence-electron chi connectivity index (χ3n) is 3.15. The first-order valence-corrected chi connectivity index (χ1v) is 7.59. The van der Waals surface area contributed by atoms with E-state index in [9.17, 15) is 0 Å². The van der Waals surface area contributed by atoms with E-state index in [0.717, 1.165) is 6.54 Å². The molecule has 0 aliphatic heterocycles. The minimum atomic E-state index is 0.487. The van der Waals surface area contributed by atoms with Crippen molar-refractivity contribution in [1.82, 2.24) is 10.3 Å². The molecule has 0 aromatic carbocycles. The van der Waals surface area contributed by atoms with Gasteiger partial charge in [-0.15, -0.1) is 11.3 Å². The van der Waals surface area contributed by atoms with Gasteiger partial charge in [0, 0.05) is 10.9 Å². The molecule has 0 radical (unpaired) electrons. The maximum Gasteiger partial charge on any atom is 0.0900 e. The van der Waals surface area contributed by atoms with Crippen LogP contribution in [0.2, 0.25) is 0 Å². The van der Waals surface area contributed by atoms with E-state index >= 15 is 0 Å². The first-order chi connectivity index (χ1) is 8.10. The lowest BCUT2D eigenvalue weighted by molar-refractivity contribution is 0.366. The molecule has 2 nitrogen and oxygen atoms in total. The summed E-state index contributed by atoms with van der Waals surface area (Å²) in [7, 11) is 0. The maximum absolute atomic E-state index is 4.56. The average molecular weight is 254 g/mol. The van der Waals surface area contributed by atoms with E-state index in [-0.39, 0.29) is 0 Å². The van der Waals surface area contributed by atoms with Crippen LogP contribution in [0.3, 0.4) is 0 Å². The Labute approximate surface area is 110 Å². The molecule has 3 heteroatoms. The summed E-state index contributed by atoms with van der Waals surface area (Å²) < 4.78 is 0. The lowest BCUT2D eigenvalue weighted by atomic mass is 9.95. The van der Waals surface area contributed by atoms with Gasteiger partial charge >= 0.3 is 0 Å². The molecule has 0 aliphatic carbocycles. The lowest BCUT2D eigenvalue weighted by Crippen LogP contribution is -2.27. The van der Waals surface area contributed by atoms with Gasteiger partial charge in [-0.3, -0.25) is 0 Å². The lowest BCUT2D eigenvalue weighted by Gasteiger charge is -2.24. The largest absolute Gasteiger partial charge is 0.309 e. The van der Waals surface area contributed by atoms with Crippen LogP contribution in [0.4, 0.5) is 0 Å². The van der Waals surface area contributed by atoms with Crippen LogP contribution in [0.25, 0.3) is 0 Å². The zero-order valence-corrected chi connectivity index (χ0v) is 12.7. The molecule has 1 rings (SSSR count). The fourth-order valence-electron chi connectivity index (χ4n) is 2.31. The van der Waals surface area contributed by atoms with Crippen molar-refractivity contribution >= 4 is 11.3 Å². The minimum Gasteiger partial charge on any atom is -0.309 e. The summed E-state index contributed by atoms with van der Waals surface area (Å²) in [5.74, 6) is 0.685. The van der Waals surface area contributed by atoms with Gasteiger partial charge < -0.3 is 5.32 Å². The van der Waals surface area contributed by atoms with Gasteiger partial charge in [0.25, 0.3) is 0 Å². The molecule has 0 saturated carbocycles. The van der Waals surface area contributed by atoms with Crippen molar-refractivity contribution in [2.24, 2.45) is 5.92 Å². The summed E-state index contributed by atoms with van der Waals surface area (Å²) in [6, 6.07) is 0.487. The van der Waals surface area contributed by atoms with Crippen molar-refractivity contribution in [2.75, 3.05) is 6.54 Å². The second kappa shape index (κ2) is 7.12.